The van der Waals surface area contributed by atoms with Gasteiger partial charge in [-0.05, 0) is 18.9 Å². The minimum absolute atomic E-state index is 0.0547. The van der Waals surface area contributed by atoms with Crippen molar-refractivity contribution in [2.75, 3.05) is 38.5 Å². The normalized spacial score (nSPS) is 27.3. The summed E-state index contributed by atoms with van der Waals surface area (Å²) in [4.78, 5) is 14.0. The van der Waals surface area contributed by atoms with E-state index in [0.29, 0.717) is 26.2 Å². The molecule has 0 saturated carbocycles. The van der Waals surface area contributed by atoms with Gasteiger partial charge in [-0.1, -0.05) is 30.3 Å². The maximum atomic E-state index is 12.4. The Morgan fingerprint density at radius 1 is 1.28 bits per heavy atom. The predicted octanol–water partition coefficient (Wildman–Crippen LogP) is 0.821. The molecule has 0 spiro atoms. The van der Waals surface area contributed by atoms with Gasteiger partial charge in [0.1, 0.15) is 0 Å². The number of hydrogen-bond acceptors (Lipinski definition) is 4. The molecule has 25 heavy (non-hydrogen) atoms. The zero-order chi connectivity index (χ0) is 18.1. The van der Waals surface area contributed by atoms with Crippen LogP contribution in [0.25, 0.3) is 0 Å². The van der Waals surface area contributed by atoms with Gasteiger partial charge >= 0.3 is 0 Å². The van der Waals surface area contributed by atoms with Crippen molar-refractivity contribution in [3.63, 3.8) is 0 Å². The molecule has 138 valence electrons. The molecule has 0 aromatic heterocycles. The fourth-order valence-corrected chi connectivity index (χ4v) is 5.45. The van der Waals surface area contributed by atoms with Gasteiger partial charge in [-0.25, -0.2) is 12.7 Å². The van der Waals surface area contributed by atoms with Crippen molar-refractivity contribution in [2.45, 2.75) is 25.2 Å². The molecular formula is C18H26N2O4S. The maximum absolute atomic E-state index is 12.4. The van der Waals surface area contributed by atoms with E-state index in [9.17, 15) is 13.2 Å². The van der Waals surface area contributed by atoms with E-state index in [0.717, 1.165) is 12.0 Å². The van der Waals surface area contributed by atoms with Crippen LogP contribution in [0.4, 0.5) is 0 Å². The van der Waals surface area contributed by atoms with E-state index in [2.05, 4.69) is 12.1 Å². The Morgan fingerprint density at radius 2 is 2.00 bits per heavy atom. The molecular weight excluding hydrogens is 340 g/mol. The van der Waals surface area contributed by atoms with E-state index in [-0.39, 0.29) is 36.0 Å². The minimum atomic E-state index is -3.26. The molecule has 1 aromatic carbocycles. The molecule has 3 rings (SSSR count). The van der Waals surface area contributed by atoms with E-state index < -0.39 is 10.0 Å². The average molecular weight is 366 g/mol. The van der Waals surface area contributed by atoms with Crippen molar-refractivity contribution in [1.29, 1.82) is 0 Å². The molecule has 0 aliphatic carbocycles. The summed E-state index contributed by atoms with van der Waals surface area (Å²) in [6, 6.07) is 10.1. The minimum Gasteiger partial charge on any atom is -0.396 e. The molecule has 2 aliphatic rings. The largest absolute Gasteiger partial charge is 0.396 e. The molecule has 2 heterocycles. The number of rotatable bonds is 5. The SMILES string of the molecule is CCS(=O)(=O)N1C[C@H]2CN(C(=O)CCO)CC[C@@]2(c2ccccc2)C1. The molecule has 0 unspecified atom stereocenters. The second kappa shape index (κ2) is 7.05. The summed E-state index contributed by atoms with van der Waals surface area (Å²) in [5.74, 6) is 0.117. The van der Waals surface area contributed by atoms with Crippen LogP contribution in [0.15, 0.2) is 30.3 Å². The molecule has 0 bridgehead atoms. The highest BCUT2D eigenvalue weighted by atomic mass is 32.2. The van der Waals surface area contributed by atoms with Gasteiger partial charge in [-0.15, -0.1) is 0 Å². The molecule has 6 nitrogen and oxygen atoms in total. The number of sulfonamides is 1. The van der Waals surface area contributed by atoms with Gasteiger partial charge in [0.2, 0.25) is 15.9 Å². The molecule has 2 fully saturated rings. The lowest BCUT2D eigenvalue weighted by atomic mass is 9.68. The van der Waals surface area contributed by atoms with Crippen molar-refractivity contribution >= 4 is 15.9 Å². The Morgan fingerprint density at radius 3 is 2.64 bits per heavy atom. The molecule has 0 radical (unpaired) electrons. The first-order chi connectivity index (χ1) is 11.9. The van der Waals surface area contributed by atoms with Gasteiger partial charge in [-0.3, -0.25) is 4.79 Å². The first-order valence-corrected chi connectivity index (χ1v) is 10.5. The summed E-state index contributed by atoms with van der Waals surface area (Å²) in [6.07, 6.45) is 0.872. The zero-order valence-corrected chi connectivity index (χ0v) is 15.4. The number of aliphatic hydroxyl groups is 1. The van der Waals surface area contributed by atoms with Crippen molar-refractivity contribution in [1.82, 2.24) is 9.21 Å². The van der Waals surface area contributed by atoms with Crippen LogP contribution >= 0.6 is 0 Å². The Bertz CT molecular complexity index is 722. The molecule has 2 atom stereocenters. The second-order valence-corrected chi connectivity index (χ2v) is 9.23. The number of nitrogens with zero attached hydrogens (tertiary/aromatic N) is 2. The monoisotopic (exact) mass is 366 g/mol. The number of piperidine rings is 1. The van der Waals surface area contributed by atoms with Crippen LogP contribution < -0.4 is 0 Å². The third kappa shape index (κ3) is 3.32. The van der Waals surface area contributed by atoms with Crippen LogP contribution in [-0.2, 0) is 20.2 Å². The highest BCUT2D eigenvalue weighted by molar-refractivity contribution is 7.89. The van der Waals surface area contributed by atoms with Gasteiger partial charge in [0.25, 0.3) is 0 Å². The quantitative estimate of drug-likeness (QED) is 0.837. The maximum Gasteiger partial charge on any atom is 0.224 e. The number of likely N-dealkylation sites (tertiary alicyclic amines) is 1. The van der Waals surface area contributed by atoms with E-state index in [1.165, 1.54) is 0 Å². The number of carbonyl (C=O) groups is 1. The summed E-state index contributed by atoms with van der Waals surface area (Å²) in [5, 5.41) is 9.03. The standard InChI is InChI=1S/C18H26N2O4S/c1-2-25(23,24)20-13-16-12-19(17(22)8-11-21)10-9-18(16,14-20)15-6-4-3-5-7-15/h3-7,16,21H,2,8-14H2,1H3/t16-,18+/m1/s1. The van der Waals surface area contributed by atoms with Crippen molar-refractivity contribution in [3.05, 3.63) is 35.9 Å². The topological polar surface area (TPSA) is 77.9 Å². The first-order valence-electron chi connectivity index (χ1n) is 8.85. The molecule has 7 heteroatoms. The number of aliphatic hydroxyl groups excluding tert-OH is 1. The second-order valence-electron chi connectivity index (χ2n) is 6.98. The summed E-state index contributed by atoms with van der Waals surface area (Å²) < 4.78 is 26.5. The highest BCUT2D eigenvalue weighted by Crippen LogP contribution is 2.46. The van der Waals surface area contributed by atoms with Crippen LogP contribution in [0.1, 0.15) is 25.3 Å². The third-order valence-corrected chi connectivity index (χ3v) is 7.51. The Balaban J connectivity index is 1.92. The van der Waals surface area contributed by atoms with Gasteiger partial charge in [0, 0.05) is 43.9 Å². The molecule has 1 amide bonds. The Labute approximate surface area is 149 Å². The van der Waals surface area contributed by atoms with Crippen molar-refractivity contribution < 1.29 is 18.3 Å². The van der Waals surface area contributed by atoms with Crippen LogP contribution in [-0.4, -0.2) is 67.2 Å². The summed E-state index contributed by atoms with van der Waals surface area (Å²) in [6.45, 7) is 3.60. The van der Waals surface area contributed by atoms with E-state index in [4.69, 9.17) is 5.11 Å². The van der Waals surface area contributed by atoms with Gasteiger partial charge in [0.15, 0.2) is 0 Å². The fourth-order valence-electron chi connectivity index (χ4n) is 4.25. The molecule has 1 N–H and O–H groups in total. The number of amides is 1. The molecule has 2 saturated heterocycles. The Hall–Kier alpha value is -1.44. The number of benzene rings is 1. The lowest BCUT2D eigenvalue weighted by Gasteiger charge is -2.44. The van der Waals surface area contributed by atoms with Crippen LogP contribution in [0, 0.1) is 5.92 Å². The van der Waals surface area contributed by atoms with Crippen molar-refractivity contribution in [2.24, 2.45) is 5.92 Å². The summed E-state index contributed by atoms with van der Waals surface area (Å²) in [5.41, 5.74) is 0.919. The zero-order valence-electron chi connectivity index (χ0n) is 14.6. The lowest BCUT2D eigenvalue weighted by molar-refractivity contribution is -0.134. The van der Waals surface area contributed by atoms with E-state index in [1.54, 1.807) is 16.1 Å². The number of carbonyl (C=O) groups excluding carboxylic acids is 1. The average Bonchev–Trinajstić information content (AvgIpc) is 3.03. The third-order valence-electron chi connectivity index (χ3n) is 5.72. The smallest absolute Gasteiger partial charge is 0.224 e. The highest BCUT2D eigenvalue weighted by Gasteiger charge is 2.53. The van der Waals surface area contributed by atoms with Crippen LogP contribution in [0.3, 0.4) is 0 Å². The summed E-state index contributed by atoms with van der Waals surface area (Å²) in [7, 11) is -3.26. The van der Waals surface area contributed by atoms with Crippen molar-refractivity contribution in [3.8, 4) is 0 Å². The van der Waals surface area contributed by atoms with E-state index >= 15 is 0 Å². The lowest BCUT2D eigenvalue weighted by Crippen LogP contribution is -2.51. The number of hydrogen-bond donors (Lipinski definition) is 1. The van der Waals surface area contributed by atoms with Gasteiger partial charge in [-0.2, -0.15) is 0 Å². The van der Waals surface area contributed by atoms with E-state index in [1.807, 2.05) is 18.2 Å². The first kappa shape index (κ1) is 18.4. The van der Waals surface area contributed by atoms with Crippen LogP contribution in [0.5, 0.6) is 0 Å². The molecule has 1 aromatic rings. The fraction of sp³-hybridized carbons (Fsp3) is 0.611. The van der Waals surface area contributed by atoms with Gasteiger partial charge < -0.3 is 10.0 Å². The number of fused-ring (bicyclic) bond motifs is 1. The summed E-state index contributed by atoms with van der Waals surface area (Å²) >= 11 is 0. The predicted molar refractivity (Wildman–Crippen MR) is 95.5 cm³/mol. The van der Waals surface area contributed by atoms with Gasteiger partial charge in [0.05, 0.1) is 12.4 Å². The van der Waals surface area contributed by atoms with Crippen LogP contribution in [0.2, 0.25) is 0 Å². The Kier molecular flexibility index (Phi) is 5.18. The molecule has 2 aliphatic heterocycles.